The summed E-state index contributed by atoms with van der Waals surface area (Å²) in [5, 5.41) is 6.46. The molecule has 1 aromatic heterocycles. The van der Waals surface area contributed by atoms with E-state index in [0.29, 0.717) is 11.4 Å². The van der Waals surface area contributed by atoms with Gasteiger partial charge in [0.1, 0.15) is 5.01 Å². The minimum Gasteiger partial charge on any atom is -0.382 e. The van der Waals surface area contributed by atoms with E-state index in [0.717, 1.165) is 15.2 Å². The molecule has 1 heterocycles. The third-order valence-electron chi connectivity index (χ3n) is 2.84. The Morgan fingerprint density at radius 3 is 2.74 bits per heavy atom. The maximum absolute atomic E-state index is 11.6. The van der Waals surface area contributed by atoms with Crippen LogP contribution in [-0.4, -0.2) is 30.0 Å². The van der Waals surface area contributed by atoms with Gasteiger partial charge in [-0.15, -0.1) is 11.3 Å². The van der Waals surface area contributed by atoms with Gasteiger partial charge in [0.25, 0.3) is 0 Å². The predicted molar refractivity (Wildman–Crippen MR) is 82.7 cm³/mol. The highest BCUT2D eigenvalue weighted by molar-refractivity contribution is 7.80. The molecule has 0 fully saturated rings. The minimum atomic E-state index is -0.169. The van der Waals surface area contributed by atoms with Gasteiger partial charge in [-0.1, -0.05) is 24.4 Å². The van der Waals surface area contributed by atoms with Gasteiger partial charge >= 0.3 is 0 Å². The lowest BCUT2D eigenvalue weighted by Gasteiger charge is -2.14. The Hall–Kier alpha value is -1.53. The Bertz CT molecular complexity index is 576. The van der Waals surface area contributed by atoms with Crippen LogP contribution >= 0.6 is 23.6 Å². The number of para-hydroxylation sites is 1. The molecule has 0 aliphatic carbocycles. The van der Waals surface area contributed by atoms with Gasteiger partial charge in [0.05, 0.1) is 21.1 Å². The Labute approximate surface area is 121 Å². The monoisotopic (exact) mass is 293 g/mol. The number of hydrogen-bond donors (Lipinski definition) is 2. The number of benzene rings is 1. The molecule has 1 atom stereocenters. The van der Waals surface area contributed by atoms with Gasteiger partial charge in [0.2, 0.25) is 5.91 Å². The van der Waals surface area contributed by atoms with Gasteiger partial charge in [0, 0.05) is 20.5 Å². The third kappa shape index (κ3) is 3.08. The Balaban J connectivity index is 2.36. The van der Waals surface area contributed by atoms with Gasteiger partial charge in [-0.2, -0.15) is 0 Å². The maximum atomic E-state index is 11.6. The van der Waals surface area contributed by atoms with Crippen molar-refractivity contribution >= 4 is 44.7 Å². The number of carbonyl (C=O) groups is 1. The molecule has 0 saturated carbocycles. The molecule has 0 radical (unpaired) electrons. The van der Waals surface area contributed by atoms with Crippen molar-refractivity contribution in [2.24, 2.45) is 0 Å². The lowest BCUT2D eigenvalue weighted by atomic mass is 10.1. The van der Waals surface area contributed by atoms with Crippen molar-refractivity contribution in [1.29, 1.82) is 0 Å². The van der Waals surface area contributed by atoms with Crippen LogP contribution in [-0.2, 0) is 4.79 Å². The molecule has 0 aliphatic rings. The van der Waals surface area contributed by atoms with E-state index in [1.54, 1.807) is 25.4 Å². The fraction of sp³-hybridized carbons (Fsp3) is 0.308. The van der Waals surface area contributed by atoms with E-state index in [9.17, 15) is 4.79 Å². The van der Waals surface area contributed by atoms with E-state index < -0.39 is 0 Å². The lowest BCUT2D eigenvalue weighted by molar-refractivity contribution is -0.120. The van der Waals surface area contributed by atoms with Gasteiger partial charge in [-0.25, -0.2) is 4.98 Å². The number of nitrogens with zero attached hydrogens (tertiary/aromatic N) is 1. The van der Waals surface area contributed by atoms with Crippen LogP contribution in [0, 0.1) is 0 Å². The van der Waals surface area contributed by atoms with Gasteiger partial charge in [0.15, 0.2) is 0 Å². The minimum absolute atomic E-state index is 0.0399. The molecule has 1 unspecified atom stereocenters. The zero-order valence-electron chi connectivity index (χ0n) is 10.8. The maximum Gasteiger partial charge on any atom is 0.220 e. The van der Waals surface area contributed by atoms with Gasteiger partial charge in [-0.05, 0) is 12.1 Å². The summed E-state index contributed by atoms with van der Waals surface area (Å²) in [5.41, 5.74) is 0.948. The van der Waals surface area contributed by atoms with Crippen molar-refractivity contribution in [3.63, 3.8) is 0 Å². The van der Waals surface area contributed by atoms with Crippen molar-refractivity contribution in [1.82, 2.24) is 15.6 Å². The summed E-state index contributed by atoms with van der Waals surface area (Å²) in [7, 11) is 3.40. The average molecular weight is 293 g/mol. The van der Waals surface area contributed by atoms with Crippen LogP contribution in [0.3, 0.4) is 0 Å². The number of likely N-dealkylation sites (N-methyl/N-ethyl adjacent to an activating group) is 1. The van der Waals surface area contributed by atoms with Crippen LogP contribution in [0.2, 0.25) is 0 Å². The first-order valence-electron chi connectivity index (χ1n) is 5.93. The fourth-order valence-corrected chi connectivity index (χ4v) is 3.14. The van der Waals surface area contributed by atoms with Crippen molar-refractivity contribution in [2.75, 3.05) is 14.1 Å². The summed E-state index contributed by atoms with van der Waals surface area (Å²) in [4.78, 5) is 16.8. The van der Waals surface area contributed by atoms with Crippen molar-refractivity contribution in [3.05, 3.63) is 29.3 Å². The quantitative estimate of drug-likeness (QED) is 0.847. The highest BCUT2D eigenvalue weighted by Gasteiger charge is 2.23. The van der Waals surface area contributed by atoms with Crippen LogP contribution in [0.5, 0.6) is 0 Å². The summed E-state index contributed by atoms with van der Waals surface area (Å²) in [5.74, 6) is -0.209. The molecular weight excluding hydrogens is 278 g/mol. The highest BCUT2D eigenvalue weighted by Crippen LogP contribution is 2.30. The SMILES string of the molecule is CNC(=O)CC(C(=S)NC)c1nc2ccccc2s1. The first-order valence-corrected chi connectivity index (χ1v) is 7.15. The molecule has 2 rings (SSSR count). The van der Waals surface area contributed by atoms with Crippen LogP contribution in [0.4, 0.5) is 0 Å². The normalized spacial score (nSPS) is 12.1. The molecule has 1 amide bonds. The molecule has 0 spiro atoms. The number of thiocarbonyl (C=S) groups is 1. The topological polar surface area (TPSA) is 54.0 Å². The number of thiazole rings is 1. The number of nitrogens with one attached hydrogen (secondary N) is 2. The van der Waals surface area contributed by atoms with Crippen molar-refractivity contribution < 1.29 is 4.79 Å². The lowest BCUT2D eigenvalue weighted by Crippen LogP contribution is -2.29. The van der Waals surface area contributed by atoms with Crippen LogP contribution < -0.4 is 10.6 Å². The van der Waals surface area contributed by atoms with Gasteiger partial charge in [-0.3, -0.25) is 4.79 Å². The number of carbonyl (C=O) groups excluding carboxylic acids is 1. The molecule has 2 aromatic rings. The second-order valence-corrected chi connectivity index (χ2v) is 5.57. The summed E-state index contributed by atoms with van der Waals surface area (Å²) >= 11 is 6.89. The largest absolute Gasteiger partial charge is 0.382 e. The predicted octanol–water partition coefficient (Wildman–Crippen LogP) is 2.06. The second-order valence-electron chi connectivity index (χ2n) is 4.06. The molecule has 0 bridgehead atoms. The summed E-state index contributed by atoms with van der Waals surface area (Å²) in [6.07, 6.45) is 0.315. The first kappa shape index (κ1) is 13.9. The molecule has 0 saturated heterocycles. The van der Waals surface area contributed by atoms with E-state index in [2.05, 4.69) is 15.6 Å². The Morgan fingerprint density at radius 2 is 2.11 bits per heavy atom. The third-order valence-corrected chi connectivity index (χ3v) is 4.48. The zero-order valence-corrected chi connectivity index (χ0v) is 12.4. The van der Waals surface area contributed by atoms with Crippen LogP contribution in [0.1, 0.15) is 17.3 Å². The molecule has 100 valence electrons. The van der Waals surface area contributed by atoms with E-state index in [1.807, 2.05) is 24.3 Å². The summed E-state index contributed by atoms with van der Waals surface area (Å²) in [6.45, 7) is 0. The fourth-order valence-electron chi connectivity index (χ4n) is 1.79. The van der Waals surface area contributed by atoms with E-state index in [-0.39, 0.29) is 11.8 Å². The van der Waals surface area contributed by atoms with E-state index >= 15 is 0 Å². The molecular formula is C13H15N3OS2. The number of aromatic nitrogens is 1. The smallest absolute Gasteiger partial charge is 0.220 e. The first-order chi connectivity index (χ1) is 9.15. The molecule has 2 N–H and O–H groups in total. The van der Waals surface area contributed by atoms with Crippen LogP contribution in [0.25, 0.3) is 10.2 Å². The molecule has 19 heavy (non-hydrogen) atoms. The van der Waals surface area contributed by atoms with Gasteiger partial charge < -0.3 is 10.6 Å². The average Bonchev–Trinajstić information content (AvgIpc) is 2.87. The molecule has 1 aromatic carbocycles. The van der Waals surface area contributed by atoms with Crippen molar-refractivity contribution in [3.8, 4) is 0 Å². The highest BCUT2D eigenvalue weighted by atomic mass is 32.1. The number of rotatable bonds is 4. The molecule has 0 aliphatic heterocycles. The molecule has 4 nitrogen and oxygen atoms in total. The van der Waals surface area contributed by atoms with E-state index in [1.165, 1.54) is 0 Å². The zero-order chi connectivity index (χ0) is 13.8. The number of fused-ring (bicyclic) bond motifs is 1. The standard InChI is InChI=1S/C13H15N3OS2/c1-14-11(17)7-8(12(18)15-2)13-16-9-5-3-4-6-10(9)19-13/h3-6,8H,7H2,1-2H3,(H,14,17)(H,15,18). The summed E-state index contributed by atoms with van der Waals surface area (Å²) < 4.78 is 1.11. The Morgan fingerprint density at radius 1 is 1.37 bits per heavy atom. The second kappa shape index (κ2) is 6.08. The molecule has 6 heteroatoms. The van der Waals surface area contributed by atoms with Crippen molar-refractivity contribution in [2.45, 2.75) is 12.3 Å². The number of hydrogen-bond acceptors (Lipinski definition) is 4. The van der Waals surface area contributed by atoms with E-state index in [4.69, 9.17) is 12.2 Å². The summed E-state index contributed by atoms with van der Waals surface area (Å²) in [6, 6.07) is 7.93. The Kier molecular flexibility index (Phi) is 4.44. The number of amides is 1. The van der Waals surface area contributed by atoms with Crippen LogP contribution in [0.15, 0.2) is 24.3 Å².